The summed E-state index contributed by atoms with van der Waals surface area (Å²) >= 11 is 0. The molecule has 0 saturated carbocycles. The molecule has 0 spiro atoms. The number of hydrogen-bond acceptors (Lipinski definition) is 8. The van der Waals surface area contributed by atoms with Crippen molar-refractivity contribution in [3.8, 4) is 0 Å². The maximum Gasteiger partial charge on any atom is 0.317 e. The van der Waals surface area contributed by atoms with Gasteiger partial charge < -0.3 is 20.4 Å². The van der Waals surface area contributed by atoms with Gasteiger partial charge in [0.25, 0.3) is 0 Å². The van der Waals surface area contributed by atoms with Gasteiger partial charge in [0.15, 0.2) is 0 Å². The molecule has 0 aromatic carbocycles. The van der Waals surface area contributed by atoms with Crippen LogP contribution in [0.4, 0.5) is 0 Å². The van der Waals surface area contributed by atoms with Crippen LogP contribution in [0.1, 0.15) is 13.8 Å². The topological polar surface area (TPSA) is 162 Å². The lowest BCUT2D eigenvalue weighted by Gasteiger charge is -2.38. The second kappa shape index (κ2) is 12.4. The van der Waals surface area contributed by atoms with Gasteiger partial charge in [-0.25, -0.2) is 0 Å². The number of carboxylic acids is 4. The summed E-state index contributed by atoms with van der Waals surface area (Å²) in [7, 11) is 0. The Bertz CT molecular complexity index is 565. The molecule has 12 nitrogen and oxygen atoms in total. The molecule has 1 rings (SSSR count). The van der Waals surface area contributed by atoms with E-state index in [0.29, 0.717) is 0 Å². The highest BCUT2D eigenvalue weighted by molar-refractivity contribution is 5.70. The zero-order chi connectivity index (χ0) is 22.8. The second-order valence-electron chi connectivity index (χ2n) is 7.68. The summed E-state index contributed by atoms with van der Waals surface area (Å²) in [6.07, 6.45) is 0. The fourth-order valence-electron chi connectivity index (χ4n) is 3.63. The molecule has 30 heavy (non-hydrogen) atoms. The minimum Gasteiger partial charge on any atom is -0.480 e. The molecular formula is C18H32N4O8. The number of rotatable bonds is 8. The van der Waals surface area contributed by atoms with E-state index in [2.05, 4.69) is 0 Å². The smallest absolute Gasteiger partial charge is 0.317 e. The van der Waals surface area contributed by atoms with Gasteiger partial charge in [0.1, 0.15) is 0 Å². The van der Waals surface area contributed by atoms with Crippen LogP contribution in [0.3, 0.4) is 0 Å². The number of aliphatic carboxylic acids is 4. The van der Waals surface area contributed by atoms with Crippen LogP contribution in [-0.4, -0.2) is 141 Å². The van der Waals surface area contributed by atoms with Crippen LogP contribution in [0, 0.1) is 0 Å². The van der Waals surface area contributed by atoms with Gasteiger partial charge in [-0.3, -0.25) is 38.8 Å². The van der Waals surface area contributed by atoms with Crippen molar-refractivity contribution in [2.45, 2.75) is 25.9 Å². The molecule has 0 amide bonds. The molecule has 0 bridgehead atoms. The Hall–Kier alpha value is -2.28. The van der Waals surface area contributed by atoms with Crippen molar-refractivity contribution in [2.24, 2.45) is 0 Å². The highest BCUT2D eigenvalue weighted by atomic mass is 16.4. The molecule has 0 aromatic rings. The molecule has 1 fully saturated rings. The molecule has 172 valence electrons. The predicted octanol–water partition coefficient (Wildman–Crippen LogP) is -1.68. The maximum absolute atomic E-state index is 11.3. The number of carbonyl (C=O) groups is 4. The van der Waals surface area contributed by atoms with E-state index >= 15 is 0 Å². The largest absolute Gasteiger partial charge is 0.480 e. The maximum atomic E-state index is 11.3. The van der Waals surface area contributed by atoms with Gasteiger partial charge in [-0.1, -0.05) is 0 Å². The summed E-state index contributed by atoms with van der Waals surface area (Å²) in [6, 6.07) is -0.589. The SMILES string of the molecule is CC1CN(CC(=O)O)CCN(CC(=O)O)C(C)CN(CC(=O)O)CCN1CC(=O)O. The van der Waals surface area contributed by atoms with Gasteiger partial charge in [-0.2, -0.15) is 0 Å². The molecule has 2 atom stereocenters. The Kier molecular flexibility index (Phi) is 10.7. The third-order valence-electron chi connectivity index (χ3n) is 5.09. The average molecular weight is 432 g/mol. The van der Waals surface area contributed by atoms with Crippen molar-refractivity contribution in [3.05, 3.63) is 0 Å². The van der Waals surface area contributed by atoms with E-state index in [1.54, 1.807) is 33.4 Å². The molecule has 1 heterocycles. The average Bonchev–Trinajstić information content (AvgIpc) is 2.59. The van der Waals surface area contributed by atoms with Crippen molar-refractivity contribution in [2.75, 3.05) is 65.4 Å². The molecule has 2 unspecified atom stereocenters. The summed E-state index contributed by atoms with van der Waals surface area (Å²) in [4.78, 5) is 51.8. The van der Waals surface area contributed by atoms with Crippen molar-refractivity contribution in [3.63, 3.8) is 0 Å². The van der Waals surface area contributed by atoms with Crippen LogP contribution in [0.5, 0.6) is 0 Å². The van der Waals surface area contributed by atoms with Crippen molar-refractivity contribution < 1.29 is 39.6 Å². The monoisotopic (exact) mass is 432 g/mol. The first-order valence-corrected chi connectivity index (χ1v) is 9.78. The predicted molar refractivity (Wildman–Crippen MR) is 105 cm³/mol. The van der Waals surface area contributed by atoms with Gasteiger partial charge in [-0.15, -0.1) is 0 Å². The van der Waals surface area contributed by atoms with Crippen LogP contribution >= 0.6 is 0 Å². The van der Waals surface area contributed by atoms with Crippen molar-refractivity contribution >= 4 is 23.9 Å². The lowest BCUT2D eigenvalue weighted by atomic mass is 10.2. The fraction of sp³-hybridized carbons (Fsp3) is 0.778. The highest BCUT2D eigenvalue weighted by Crippen LogP contribution is 2.09. The summed E-state index contributed by atoms with van der Waals surface area (Å²) in [6.45, 7) is 4.32. The summed E-state index contributed by atoms with van der Waals surface area (Å²) in [5, 5.41) is 36.9. The van der Waals surface area contributed by atoms with E-state index in [0.717, 1.165) is 0 Å². The van der Waals surface area contributed by atoms with Gasteiger partial charge >= 0.3 is 23.9 Å². The summed E-state index contributed by atoms with van der Waals surface area (Å²) in [5.74, 6) is -4.09. The van der Waals surface area contributed by atoms with Crippen molar-refractivity contribution in [1.29, 1.82) is 0 Å². The van der Waals surface area contributed by atoms with Gasteiger partial charge in [0.05, 0.1) is 26.2 Å². The van der Waals surface area contributed by atoms with Gasteiger partial charge in [-0.05, 0) is 13.8 Å². The van der Waals surface area contributed by atoms with Crippen molar-refractivity contribution in [1.82, 2.24) is 19.6 Å². The molecule has 0 aliphatic carbocycles. The first-order valence-electron chi connectivity index (χ1n) is 9.78. The Balaban J connectivity index is 3.12. The third-order valence-corrected chi connectivity index (χ3v) is 5.09. The molecule has 1 aliphatic heterocycles. The molecule has 4 N–H and O–H groups in total. The van der Waals surface area contributed by atoms with E-state index in [1.807, 2.05) is 0 Å². The van der Waals surface area contributed by atoms with E-state index in [4.69, 9.17) is 0 Å². The summed E-state index contributed by atoms with van der Waals surface area (Å²) in [5.41, 5.74) is 0. The number of carboxylic acid groups (broad SMARTS) is 4. The highest BCUT2D eigenvalue weighted by Gasteiger charge is 2.26. The second-order valence-corrected chi connectivity index (χ2v) is 7.68. The normalized spacial score (nSPS) is 23.9. The molecular weight excluding hydrogens is 400 g/mol. The van der Waals surface area contributed by atoms with Gasteiger partial charge in [0, 0.05) is 51.4 Å². The van der Waals surface area contributed by atoms with E-state index in [9.17, 15) is 39.6 Å². The van der Waals surface area contributed by atoms with E-state index < -0.39 is 23.9 Å². The minimum atomic E-state index is -1.02. The lowest BCUT2D eigenvalue weighted by Crippen LogP contribution is -2.54. The standard InChI is InChI=1S/C18H32N4O8/c1-13-7-19(9-15(23)24)4-6-22(12-18(29)30)14(2)8-20(10-16(25)26)3-5-21(13)11-17(27)28/h13-14H,3-12H2,1-2H3,(H,23,24)(H,25,26)(H,27,28)(H,29,30). The minimum absolute atomic E-state index is 0.244. The van der Waals surface area contributed by atoms with Crippen LogP contribution in [0.15, 0.2) is 0 Å². The fourth-order valence-corrected chi connectivity index (χ4v) is 3.63. The first kappa shape index (κ1) is 25.8. The summed E-state index contributed by atoms with van der Waals surface area (Å²) < 4.78 is 0. The Morgan fingerprint density at radius 3 is 1.17 bits per heavy atom. The zero-order valence-corrected chi connectivity index (χ0v) is 17.4. The lowest BCUT2D eigenvalue weighted by molar-refractivity contribution is -0.142. The molecule has 1 saturated heterocycles. The molecule has 0 radical (unpaired) electrons. The third kappa shape index (κ3) is 9.96. The first-order chi connectivity index (χ1) is 14.0. The van der Waals surface area contributed by atoms with Crippen LogP contribution in [0.2, 0.25) is 0 Å². The van der Waals surface area contributed by atoms with E-state index in [1.165, 1.54) is 0 Å². The Labute approximate surface area is 175 Å². The molecule has 0 aromatic heterocycles. The Morgan fingerprint density at radius 2 is 0.900 bits per heavy atom. The van der Waals surface area contributed by atoms with Crippen LogP contribution < -0.4 is 0 Å². The van der Waals surface area contributed by atoms with Crippen LogP contribution in [0.25, 0.3) is 0 Å². The number of hydrogen-bond donors (Lipinski definition) is 4. The molecule has 12 heteroatoms. The van der Waals surface area contributed by atoms with Gasteiger partial charge in [0.2, 0.25) is 0 Å². The Morgan fingerprint density at radius 1 is 0.600 bits per heavy atom. The zero-order valence-electron chi connectivity index (χ0n) is 17.4. The number of nitrogens with zero attached hydrogens (tertiary/aromatic N) is 4. The van der Waals surface area contributed by atoms with E-state index in [-0.39, 0.29) is 77.5 Å². The molecule has 1 aliphatic rings. The quantitative estimate of drug-likeness (QED) is 0.345. The van der Waals surface area contributed by atoms with Crippen LogP contribution in [-0.2, 0) is 19.2 Å².